The summed E-state index contributed by atoms with van der Waals surface area (Å²) in [7, 11) is 0. The largest absolute Gasteiger partial charge is 0.397 e. The highest BCUT2D eigenvalue weighted by atomic mass is 35.5. The van der Waals surface area contributed by atoms with E-state index in [1.807, 2.05) is 0 Å². The number of hydrogen-bond donors (Lipinski definition) is 2. The zero-order valence-electron chi connectivity index (χ0n) is 11.2. The molecule has 0 radical (unpaired) electrons. The highest BCUT2D eigenvalue weighted by Gasteiger charge is 2.15. The standard InChI is InChI=1S/C14H19ClN2O3/c15-12-2-1-11(7-13(12)16)17-14(18)4-6-20-9-10-3-5-19-8-10/h1-2,7,10H,3-6,8-9,16H2,(H,17,18). The topological polar surface area (TPSA) is 73.6 Å². The minimum absolute atomic E-state index is 0.102. The molecule has 1 heterocycles. The molecule has 1 unspecified atom stereocenters. The summed E-state index contributed by atoms with van der Waals surface area (Å²) < 4.78 is 10.7. The zero-order chi connectivity index (χ0) is 14.4. The Kier molecular flexibility index (Phi) is 5.64. The van der Waals surface area contributed by atoms with E-state index in [2.05, 4.69) is 5.32 Å². The number of amides is 1. The van der Waals surface area contributed by atoms with Gasteiger partial charge in [0.2, 0.25) is 5.91 Å². The average Bonchev–Trinajstić information content (AvgIpc) is 2.92. The zero-order valence-corrected chi connectivity index (χ0v) is 12.0. The molecule has 1 atom stereocenters. The molecular formula is C14H19ClN2O3. The molecule has 0 aromatic heterocycles. The van der Waals surface area contributed by atoms with E-state index >= 15 is 0 Å². The highest BCUT2D eigenvalue weighted by molar-refractivity contribution is 6.33. The fourth-order valence-electron chi connectivity index (χ4n) is 1.97. The van der Waals surface area contributed by atoms with E-state index in [0.29, 0.717) is 41.9 Å². The van der Waals surface area contributed by atoms with Gasteiger partial charge < -0.3 is 20.5 Å². The summed E-state index contributed by atoms with van der Waals surface area (Å²) in [5, 5.41) is 3.23. The molecule has 1 aromatic rings. The summed E-state index contributed by atoms with van der Waals surface area (Å²) in [5.41, 5.74) is 6.75. The van der Waals surface area contributed by atoms with Gasteiger partial charge in [0.05, 0.1) is 37.0 Å². The number of nitrogens with two attached hydrogens (primary N) is 1. The SMILES string of the molecule is Nc1cc(NC(=O)CCOCC2CCOC2)ccc1Cl. The summed E-state index contributed by atoms with van der Waals surface area (Å²) in [4.78, 5) is 11.7. The Hall–Kier alpha value is -1.30. The number of carbonyl (C=O) groups excluding carboxylic acids is 1. The molecule has 0 spiro atoms. The van der Waals surface area contributed by atoms with Gasteiger partial charge >= 0.3 is 0 Å². The summed E-state index contributed by atoms with van der Waals surface area (Å²) in [6.45, 7) is 2.63. The maximum atomic E-state index is 11.7. The number of anilines is 2. The van der Waals surface area contributed by atoms with Crippen LogP contribution >= 0.6 is 11.6 Å². The Morgan fingerprint density at radius 3 is 3.10 bits per heavy atom. The van der Waals surface area contributed by atoms with Gasteiger partial charge in [0.25, 0.3) is 0 Å². The van der Waals surface area contributed by atoms with Gasteiger partial charge in [-0.2, -0.15) is 0 Å². The maximum Gasteiger partial charge on any atom is 0.226 e. The molecule has 5 nitrogen and oxygen atoms in total. The van der Waals surface area contributed by atoms with E-state index < -0.39 is 0 Å². The molecule has 6 heteroatoms. The predicted octanol–water partition coefficient (Wildman–Crippen LogP) is 2.30. The molecule has 20 heavy (non-hydrogen) atoms. The maximum absolute atomic E-state index is 11.7. The highest BCUT2D eigenvalue weighted by Crippen LogP contribution is 2.22. The van der Waals surface area contributed by atoms with Crippen LogP contribution in [0.2, 0.25) is 5.02 Å². The number of carbonyl (C=O) groups is 1. The van der Waals surface area contributed by atoms with Crippen molar-refractivity contribution in [1.29, 1.82) is 0 Å². The smallest absolute Gasteiger partial charge is 0.226 e. The van der Waals surface area contributed by atoms with E-state index in [1.165, 1.54) is 0 Å². The number of hydrogen-bond acceptors (Lipinski definition) is 4. The van der Waals surface area contributed by atoms with Gasteiger partial charge in [-0.25, -0.2) is 0 Å². The van der Waals surface area contributed by atoms with Gasteiger partial charge in [0.15, 0.2) is 0 Å². The molecule has 0 saturated carbocycles. The van der Waals surface area contributed by atoms with Crippen LogP contribution in [0.25, 0.3) is 0 Å². The van der Waals surface area contributed by atoms with Crippen molar-refractivity contribution in [2.24, 2.45) is 5.92 Å². The third kappa shape index (κ3) is 4.67. The second kappa shape index (κ2) is 7.47. The molecule has 110 valence electrons. The summed E-state index contributed by atoms with van der Waals surface area (Å²) >= 11 is 5.81. The lowest BCUT2D eigenvalue weighted by atomic mass is 10.1. The van der Waals surface area contributed by atoms with E-state index in [9.17, 15) is 4.79 Å². The van der Waals surface area contributed by atoms with Gasteiger partial charge in [-0.1, -0.05) is 11.6 Å². The van der Waals surface area contributed by atoms with Crippen LogP contribution < -0.4 is 11.1 Å². The number of halogens is 1. The van der Waals surface area contributed by atoms with Crippen molar-refractivity contribution >= 4 is 28.9 Å². The Bertz CT molecular complexity index is 462. The molecule has 2 rings (SSSR count). The van der Waals surface area contributed by atoms with Crippen molar-refractivity contribution in [3.8, 4) is 0 Å². The first-order valence-electron chi connectivity index (χ1n) is 6.65. The molecule has 1 saturated heterocycles. The first-order chi connectivity index (χ1) is 9.65. The van der Waals surface area contributed by atoms with Crippen molar-refractivity contribution in [3.05, 3.63) is 23.2 Å². The number of nitrogens with one attached hydrogen (secondary N) is 1. The minimum Gasteiger partial charge on any atom is -0.397 e. The molecule has 1 aliphatic rings. The Morgan fingerprint density at radius 2 is 2.40 bits per heavy atom. The summed E-state index contributed by atoms with van der Waals surface area (Å²) in [5.74, 6) is 0.364. The number of ether oxygens (including phenoxy) is 2. The van der Waals surface area contributed by atoms with Crippen molar-refractivity contribution in [3.63, 3.8) is 0 Å². The average molecular weight is 299 g/mol. The molecule has 1 aliphatic heterocycles. The fourth-order valence-corrected chi connectivity index (χ4v) is 2.09. The van der Waals surface area contributed by atoms with Crippen molar-refractivity contribution in [2.75, 3.05) is 37.5 Å². The van der Waals surface area contributed by atoms with Gasteiger partial charge in [-0.3, -0.25) is 4.79 Å². The lowest BCUT2D eigenvalue weighted by Crippen LogP contribution is -2.16. The van der Waals surface area contributed by atoms with Crippen LogP contribution in [0.1, 0.15) is 12.8 Å². The van der Waals surface area contributed by atoms with Crippen LogP contribution in [0, 0.1) is 5.92 Å². The summed E-state index contributed by atoms with van der Waals surface area (Å²) in [6.07, 6.45) is 1.35. The quantitative estimate of drug-likeness (QED) is 0.624. The second-order valence-corrected chi connectivity index (χ2v) is 5.25. The predicted molar refractivity (Wildman–Crippen MR) is 78.9 cm³/mol. The molecule has 0 bridgehead atoms. The van der Waals surface area contributed by atoms with Gasteiger partial charge in [-0.15, -0.1) is 0 Å². The van der Waals surface area contributed by atoms with Crippen LogP contribution in [0.5, 0.6) is 0 Å². The lowest BCUT2D eigenvalue weighted by molar-refractivity contribution is -0.117. The first kappa shape index (κ1) is 15.1. The van der Waals surface area contributed by atoms with Crippen molar-refractivity contribution in [1.82, 2.24) is 0 Å². The van der Waals surface area contributed by atoms with Crippen LogP contribution in [-0.2, 0) is 14.3 Å². The minimum atomic E-state index is -0.102. The number of rotatable bonds is 6. The second-order valence-electron chi connectivity index (χ2n) is 4.84. The van der Waals surface area contributed by atoms with Crippen LogP contribution in [0.3, 0.4) is 0 Å². The van der Waals surface area contributed by atoms with Crippen LogP contribution in [0.15, 0.2) is 18.2 Å². The van der Waals surface area contributed by atoms with E-state index in [0.717, 1.165) is 19.6 Å². The molecular weight excluding hydrogens is 280 g/mol. The Labute approximate surface area is 123 Å². The van der Waals surface area contributed by atoms with Gasteiger partial charge in [0.1, 0.15) is 0 Å². The van der Waals surface area contributed by atoms with Crippen molar-refractivity contribution < 1.29 is 14.3 Å². The fraction of sp³-hybridized carbons (Fsp3) is 0.500. The third-order valence-electron chi connectivity index (χ3n) is 3.13. The Balaban J connectivity index is 1.65. The summed E-state index contributed by atoms with van der Waals surface area (Å²) in [6, 6.07) is 5.01. The van der Waals surface area contributed by atoms with E-state index in [-0.39, 0.29) is 5.91 Å². The van der Waals surface area contributed by atoms with Crippen LogP contribution in [0.4, 0.5) is 11.4 Å². The first-order valence-corrected chi connectivity index (χ1v) is 7.03. The molecule has 0 aliphatic carbocycles. The Morgan fingerprint density at radius 1 is 1.55 bits per heavy atom. The monoisotopic (exact) mass is 298 g/mol. The van der Waals surface area contributed by atoms with E-state index in [1.54, 1.807) is 18.2 Å². The number of nitrogen functional groups attached to an aromatic ring is 1. The molecule has 1 aromatic carbocycles. The van der Waals surface area contributed by atoms with Crippen molar-refractivity contribution in [2.45, 2.75) is 12.8 Å². The third-order valence-corrected chi connectivity index (χ3v) is 3.47. The lowest BCUT2D eigenvalue weighted by Gasteiger charge is -2.09. The van der Waals surface area contributed by atoms with E-state index in [4.69, 9.17) is 26.8 Å². The normalized spacial score (nSPS) is 18.1. The van der Waals surface area contributed by atoms with Gasteiger partial charge in [-0.05, 0) is 24.6 Å². The molecule has 3 N–H and O–H groups in total. The van der Waals surface area contributed by atoms with Gasteiger partial charge in [0, 0.05) is 18.2 Å². The van der Waals surface area contributed by atoms with Crippen LogP contribution in [-0.4, -0.2) is 32.3 Å². The number of benzene rings is 1. The molecule has 1 fully saturated rings. The molecule has 1 amide bonds.